The van der Waals surface area contributed by atoms with Crippen LogP contribution in [0.25, 0.3) is 0 Å². The SMILES string of the molecule is C/C=C(\C)C(=O)O[C@H]1C(C)=C[C@]23C(=O)[C@@H](C=C(C)[C@@H](O)[C@]12O)[C@H]1[C@@H](C[C@H]3C)C1(C)C. The average Bonchev–Trinajstić information content (AvgIpc) is 3.17. The number of Topliss-reactive ketones (excluding diaryl/α,β-unsaturated/α-hetero) is 1. The number of hydrogen-bond acceptors (Lipinski definition) is 5. The fraction of sp³-hybridized carbons (Fsp3) is 0.680. The number of hydrogen-bond donors (Lipinski definition) is 2. The molecule has 4 aliphatic rings. The van der Waals surface area contributed by atoms with Gasteiger partial charge in [0.25, 0.3) is 0 Å². The van der Waals surface area contributed by atoms with E-state index in [1.807, 2.05) is 19.1 Å². The molecule has 2 bridgehead atoms. The fourth-order valence-electron chi connectivity index (χ4n) is 6.89. The molecule has 0 saturated heterocycles. The summed E-state index contributed by atoms with van der Waals surface area (Å²) in [5.41, 5.74) is -1.53. The van der Waals surface area contributed by atoms with Crippen molar-refractivity contribution in [3.63, 3.8) is 0 Å². The molecule has 0 aromatic heterocycles. The van der Waals surface area contributed by atoms with Crippen molar-refractivity contribution in [3.05, 3.63) is 34.9 Å². The Labute approximate surface area is 178 Å². The minimum absolute atomic E-state index is 0.0490. The van der Waals surface area contributed by atoms with Crippen LogP contribution in [-0.2, 0) is 14.3 Å². The zero-order valence-corrected chi connectivity index (χ0v) is 19.0. The van der Waals surface area contributed by atoms with Gasteiger partial charge in [0, 0.05) is 11.5 Å². The molecule has 4 rings (SSSR count). The van der Waals surface area contributed by atoms with E-state index in [2.05, 4.69) is 13.8 Å². The number of ketones is 1. The second-order valence-electron chi connectivity index (χ2n) is 10.6. The van der Waals surface area contributed by atoms with Crippen LogP contribution in [0.4, 0.5) is 0 Å². The lowest BCUT2D eigenvalue weighted by molar-refractivity contribution is -0.201. The first-order chi connectivity index (χ1) is 13.9. The maximum atomic E-state index is 14.1. The van der Waals surface area contributed by atoms with Crippen molar-refractivity contribution in [1.29, 1.82) is 0 Å². The van der Waals surface area contributed by atoms with Gasteiger partial charge >= 0.3 is 5.97 Å². The van der Waals surface area contributed by atoms with E-state index in [-0.39, 0.29) is 29.0 Å². The lowest BCUT2D eigenvalue weighted by Gasteiger charge is -2.48. The highest BCUT2D eigenvalue weighted by Gasteiger charge is 2.76. The third kappa shape index (κ3) is 2.36. The number of esters is 1. The number of aliphatic hydroxyl groups is 2. The molecule has 0 amide bonds. The van der Waals surface area contributed by atoms with Crippen molar-refractivity contribution in [3.8, 4) is 0 Å². The molecule has 5 nitrogen and oxygen atoms in total. The molecule has 0 aliphatic heterocycles. The van der Waals surface area contributed by atoms with Crippen molar-refractivity contribution in [2.45, 2.75) is 72.7 Å². The van der Waals surface area contributed by atoms with Gasteiger partial charge in [0.15, 0.2) is 17.5 Å². The van der Waals surface area contributed by atoms with E-state index in [4.69, 9.17) is 4.74 Å². The monoisotopic (exact) mass is 414 g/mol. The Hall–Kier alpha value is -1.72. The summed E-state index contributed by atoms with van der Waals surface area (Å²) >= 11 is 0. The Balaban J connectivity index is 1.89. The van der Waals surface area contributed by atoms with Gasteiger partial charge in [-0.2, -0.15) is 0 Å². The van der Waals surface area contributed by atoms with Crippen molar-refractivity contribution in [2.75, 3.05) is 0 Å². The number of allylic oxidation sites excluding steroid dienone is 2. The largest absolute Gasteiger partial charge is 0.451 e. The average molecular weight is 415 g/mol. The number of carbonyl (C=O) groups is 2. The lowest BCUT2D eigenvalue weighted by Crippen LogP contribution is -2.65. The molecule has 0 aromatic carbocycles. The van der Waals surface area contributed by atoms with Gasteiger partial charge in [-0.25, -0.2) is 4.79 Å². The quantitative estimate of drug-likeness (QED) is 0.411. The minimum atomic E-state index is -1.92. The maximum absolute atomic E-state index is 14.1. The normalized spacial score (nSPS) is 46.7. The van der Waals surface area contributed by atoms with Crippen LogP contribution in [0.2, 0.25) is 0 Å². The van der Waals surface area contributed by atoms with Gasteiger partial charge in [-0.15, -0.1) is 0 Å². The highest BCUT2D eigenvalue weighted by atomic mass is 16.6. The number of fused-ring (bicyclic) bond motifs is 3. The summed E-state index contributed by atoms with van der Waals surface area (Å²) in [5, 5.41) is 23.6. The summed E-state index contributed by atoms with van der Waals surface area (Å²) in [7, 11) is 0. The van der Waals surface area contributed by atoms with E-state index in [1.165, 1.54) is 0 Å². The van der Waals surface area contributed by atoms with Gasteiger partial charge in [0.2, 0.25) is 0 Å². The van der Waals surface area contributed by atoms with Crippen LogP contribution in [0, 0.1) is 34.5 Å². The van der Waals surface area contributed by atoms with Gasteiger partial charge in [-0.1, -0.05) is 39.0 Å². The third-order valence-electron chi connectivity index (χ3n) is 8.82. The molecule has 164 valence electrons. The van der Waals surface area contributed by atoms with Crippen LogP contribution in [0.5, 0.6) is 0 Å². The second kappa shape index (κ2) is 6.39. The maximum Gasteiger partial charge on any atom is 0.334 e. The highest BCUT2D eigenvalue weighted by molar-refractivity contribution is 5.95. The van der Waals surface area contributed by atoms with Crippen LogP contribution in [-0.4, -0.2) is 39.8 Å². The number of carbonyl (C=O) groups excluding carboxylic acids is 2. The Bertz CT molecular complexity index is 908. The van der Waals surface area contributed by atoms with Gasteiger partial charge in [0.1, 0.15) is 6.10 Å². The molecular weight excluding hydrogens is 380 g/mol. The van der Waals surface area contributed by atoms with E-state index in [1.54, 1.807) is 33.8 Å². The Kier molecular flexibility index (Phi) is 4.58. The van der Waals surface area contributed by atoms with E-state index >= 15 is 0 Å². The van der Waals surface area contributed by atoms with Gasteiger partial charge in [-0.3, -0.25) is 4.79 Å². The number of rotatable bonds is 2. The van der Waals surface area contributed by atoms with Crippen LogP contribution in [0.15, 0.2) is 34.9 Å². The van der Waals surface area contributed by atoms with E-state index < -0.39 is 29.2 Å². The molecule has 5 heteroatoms. The van der Waals surface area contributed by atoms with E-state index in [9.17, 15) is 19.8 Å². The minimum Gasteiger partial charge on any atom is -0.451 e. The van der Waals surface area contributed by atoms with Crippen molar-refractivity contribution >= 4 is 11.8 Å². The molecule has 2 fully saturated rings. The number of ether oxygens (including phenoxy) is 1. The fourth-order valence-corrected chi connectivity index (χ4v) is 6.89. The molecular formula is C25H34O5. The van der Waals surface area contributed by atoms with Crippen molar-refractivity contribution < 1.29 is 24.5 Å². The zero-order valence-electron chi connectivity index (χ0n) is 19.0. The van der Waals surface area contributed by atoms with Crippen LogP contribution < -0.4 is 0 Å². The van der Waals surface area contributed by atoms with Gasteiger partial charge < -0.3 is 14.9 Å². The van der Waals surface area contributed by atoms with Crippen molar-refractivity contribution in [2.24, 2.45) is 34.5 Å². The van der Waals surface area contributed by atoms with Crippen LogP contribution in [0.1, 0.15) is 54.9 Å². The highest BCUT2D eigenvalue weighted by Crippen LogP contribution is 2.71. The summed E-state index contributed by atoms with van der Waals surface area (Å²) in [6.07, 6.45) is 3.74. The predicted molar refractivity (Wildman–Crippen MR) is 113 cm³/mol. The molecule has 1 spiro atoms. The molecule has 0 aromatic rings. The molecule has 8 atom stereocenters. The van der Waals surface area contributed by atoms with E-state index in [0.29, 0.717) is 22.6 Å². The summed E-state index contributed by atoms with van der Waals surface area (Å²) in [5.74, 6) is -0.541. The first-order valence-corrected chi connectivity index (χ1v) is 11.0. The first kappa shape index (κ1) is 21.5. The van der Waals surface area contributed by atoms with E-state index in [0.717, 1.165) is 6.42 Å². The predicted octanol–water partition coefficient (Wildman–Crippen LogP) is 3.36. The molecule has 30 heavy (non-hydrogen) atoms. The molecule has 4 aliphatic carbocycles. The van der Waals surface area contributed by atoms with Crippen LogP contribution >= 0.6 is 0 Å². The summed E-state index contributed by atoms with van der Waals surface area (Å²) in [6.45, 7) is 13.3. The van der Waals surface area contributed by atoms with Gasteiger partial charge in [-0.05, 0) is 68.4 Å². The number of aliphatic hydroxyl groups excluding tert-OH is 1. The summed E-state index contributed by atoms with van der Waals surface area (Å²) in [6, 6.07) is 0. The smallest absolute Gasteiger partial charge is 0.334 e. The molecule has 0 unspecified atom stereocenters. The Morgan fingerprint density at radius 2 is 1.90 bits per heavy atom. The van der Waals surface area contributed by atoms with Crippen molar-refractivity contribution in [1.82, 2.24) is 0 Å². The third-order valence-corrected chi connectivity index (χ3v) is 8.82. The Morgan fingerprint density at radius 3 is 2.50 bits per heavy atom. The molecule has 2 saturated carbocycles. The molecule has 2 N–H and O–H groups in total. The standard InChI is InChI=1S/C25H34O5/c1-8-12(2)22(28)30-21-14(4)11-24-15(5)10-17-18(23(17,6)7)16(20(24)27)9-13(3)19(26)25(21,24)29/h8-9,11,15-19,21,26,29H,10H2,1-7H3/b12-8+/t15-,16+,17-,18+,19-,21+,24+,25+/m1/s1. The molecule has 0 radical (unpaired) electrons. The van der Waals surface area contributed by atoms with Gasteiger partial charge in [0.05, 0.1) is 5.41 Å². The topological polar surface area (TPSA) is 83.8 Å². The van der Waals surface area contributed by atoms with Crippen LogP contribution in [0.3, 0.4) is 0 Å². The first-order valence-electron chi connectivity index (χ1n) is 11.0. The lowest BCUT2D eigenvalue weighted by atomic mass is 9.59. The zero-order chi connectivity index (χ0) is 22.4. The Morgan fingerprint density at radius 1 is 1.27 bits per heavy atom. The second-order valence-corrected chi connectivity index (χ2v) is 10.6. The molecule has 0 heterocycles. The summed E-state index contributed by atoms with van der Waals surface area (Å²) in [4.78, 5) is 26.7. The summed E-state index contributed by atoms with van der Waals surface area (Å²) < 4.78 is 5.76.